The van der Waals surface area contributed by atoms with E-state index in [4.69, 9.17) is 24.4 Å². The molecule has 0 spiro atoms. The lowest BCUT2D eigenvalue weighted by atomic mass is 10.1. The lowest BCUT2D eigenvalue weighted by molar-refractivity contribution is 0.0481. The van der Waals surface area contributed by atoms with E-state index in [2.05, 4.69) is 5.32 Å². The van der Waals surface area contributed by atoms with Gasteiger partial charge in [0, 0.05) is 6.54 Å². The van der Waals surface area contributed by atoms with Crippen molar-refractivity contribution in [3.8, 4) is 0 Å². The maximum Gasteiger partial charge on any atom is 0.407 e. The minimum absolute atomic E-state index is 0.00750. The van der Waals surface area contributed by atoms with Gasteiger partial charge in [-0.05, 0) is 32.9 Å². The van der Waals surface area contributed by atoms with E-state index in [1.54, 1.807) is 45.0 Å². The van der Waals surface area contributed by atoms with Crippen molar-refractivity contribution in [1.29, 1.82) is 0 Å². The molecule has 0 aliphatic carbocycles. The Hall–Kier alpha value is -2.53. The summed E-state index contributed by atoms with van der Waals surface area (Å²) in [5.41, 5.74) is 0.412. The second-order valence-electron chi connectivity index (χ2n) is 7.41. The number of nitrogens with zero attached hydrogens (tertiary/aromatic N) is 1. The number of aliphatic hydroxyl groups is 2. The molecule has 1 heterocycles. The quantitative estimate of drug-likeness (QED) is 0.359. The number of carbonyl (C=O) groups excluding carboxylic acids is 3. The number of aliphatic hydroxyl groups excluding tert-OH is 2. The molecule has 1 aromatic carbocycles. The van der Waals surface area contributed by atoms with Crippen LogP contribution in [0.1, 0.15) is 41.5 Å². The van der Waals surface area contributed by atoms with Crippen LogP contribution in [0.25, 0.3) is 0 Å². The van der Waals surface area contributed by atoms with E-state index in [9.17, 15) is 14.4 Å². The molecule has 2 rings (SSSR count). The van der Waals surface area contributed by atoms with Gasteiger partial charge < -0.3 is 29.7 Å². The molecule has 174 valence electrons. The van der Waals surface area contributed by atoms with Gasteiger partial charge in [-0.2, -0.15) is 0 Å². The summed E-state index contributed by atoms with van der Waals surface area (Å²) in [7, 11) is 0. The van der Waals surface area contributed by atoms with Crippen LogP contribution in [0.4, 0.5) is 4.79 Å². The van der Waals surface area contributed by atoms with E-state index < -0.39 is 11.7 Å². The van der Waals surface area contributed by atoms with Crippen LogP contribution in [0, 0.1) is 0 Å². The predicted molar refractivity (Wildman–Crippen MR) is 112 cm³/mol. The normalized spacial score (nSPS) is 12.9. The van der Waals surface area contributed by atoms with Crippen molar-refractivity contribution < 1.29 is 38.8 Å². The van der Waals surface area contributed by atoms with E-state index in [1.165, 1.54) is 4.90 Å². The van der Waals surface area contributed by atoms with E-state index in [1.807, 2.05) is 0 Å². The van der Waals surface area contributed by atoms with Crippen molar-refractivity contribution in [3.63, 3.8) is 0 Å². The maximum atomic E-state index is 11.9. The highest BCUT2D eigenvalue weighted by atomic mass is 16.6. The van der Waals surface area contributed by atoms with E-state index in [0.717, 1.165) is 0 Å². The monoisotopic (exact) mass is 440 g/mol. The minimum atomic E-state index is -0.476. The van der Waals surface area contributed by atoms with Gasteiger partial charge in [-0.3, -0.25) is 14.5 Å². The third-order valence-corrected chi connectivity index (χ3v) is 3.72. The molecule has 0 aromatic heterocycles. The molecule has 0 fully saturated rings. The van der Waals surface area contributed by atoms with Gasteiger partial charge in [0.25, 0.3) is 11.8 Å². The first-order valence-electron chi connectivity index (χ1n) is 10.0. The number of rotatable bonds is 10. The van der Waals surface area contributed by atoms with Crippen molar-refractivity contribution in [2.24, 2.45) is 0 Å². The van der Waals surface area contributed by atoms with E-state index >= 15 is 0 Å². The number of imide groups is 1. The highest BCUT2D eigenvalue weighted by Gasteiger charge is 2.34. The summed E-state index contributed by atoms with van der Waals surface area (Å²) in [6.07, 6.45) is -0.454. The summed E-state index contributed by atoms with van der Waals surface area (Å²) in [6.45, 7) is 7.04. The highest BCUT2D eigenvalue weighted by molar-refractivity contribution is 6.21. The summed E-state index contributed by atoms with van der Waals surface area (Å²) in [4.78, 5) is 36.0. The Kier molecular flexibility index (Phi) is 11.7. The smallest absolute Gasteiger partial charge is 0.407 e. The van der Waals surface area contributed by atoms with Gasteiger partial charge in [0.1, 0.15) is 5.60 Å². The molecule has 0 saturated carbocycles. The SMILES string of the molecule is CC(C)(C)OC(=O)NCCOCCO.O=C1c2ccccc2C(=O)N1CCOCCO. The topological polar surface area (TPSA) is 135 Å². The standard InChI is InChI=1S/C12H13NO4.C9H19NO4/c14-6-8-17-7-5-13-11(15)9-3-1-2-4-10(9)12(13)16;1-9(2,3)14-8(12)10-4-6-13-7-5-11/h1-4,14H,5-8H2;11H,4-7H2,1-3H3,(H,10,12). The lowest BCUT2D eigenvalue weighted by Gasteiger charge is -2.19. The fourth-order valence-corrected chi connectivity index (χ4v) is 2.47. The molecular formula is C21H32N2O8. The van der Waals surface area contributed by atoms with Crippen molar-refractivity contribution in [2.45, 2.75) is 26.4 Å². The van der Waals surface area contributed by atoms with Crippen molar-refractivity contribution in [1.82, 2.24) is 10.2 Å². The third kappa shape index (κ3) is 9.88. The van der Waals surface area contributed by atoms with Gasteiger partial charge in [0.2, 0.25) is 0 Å². The van der Waals surface area contributed by atoms with Gasteiger partial charge in [0.15, 0.2) is 0 Å². The van der Waals surface area contributed by atoms with Gasteiger partial charge >= 0.3 is 6.09 Å². The van der Waals surface area contributed by atoms with Crippen LogP contribution in [0.3, 0.4) is 0 Å². The summed E-state index contributed by atoms with van der Waals surface area (Å²) in [5.74, 6) is -0.559. The first kappa shape index (κ1) is 26.5. The highest BCUT2D eigenvalue weighted by Crippen LogP contribution is 2.21. The largest absolute Gasteiger partial charge is 0.444 e. The Morgan fingerprint density at radius 3 is 1.94 bits per heavy atom. The molecule has 0 bridgehead atoms. The van der Waals surface area contributed by atoms with Crippen LogP contribution < -0.4 is 5.32 Å². The Morgan fingerprint density at radius 2 is 1.45 bits per heavy atom. The van der Waals surface area contributed by atoms with Crippen molar-refractivity contribution >= 4 is 17.9 Å². The second-order valence-corrected chi connectivity index (χ2v) is 7.41. The van der Waals surface area contributed by atoms with Gasteiger partial charge in [0.05, 0.1) is 57.3 Å². The number of ether oxygens (including phenoxy) is 3. The van der Waals surface area contributed by atoms with Crippen LogP contribution in [-0.2, 0) is 14.2 Å². The predicted octanol–water partition coefficient (Wildman–Crippen LogP) is 0.812. The molecule has 10 nitrogen and oxygen atoms in total. The number of hydrogen-bond donors (Lipinski definition) is 3. The average molecular weight is 440 g/mol. The Bertz CT molecular complexity index is 683. The molecule has 0 radical (unpaired) electrons. The van der Waals surface area contributed by atoms with Crippen LogP contribution in [0.5, 0.6) is 0 Å². The van der Waals surface area contributed by atoms with Crippen molar-refractivity contribution in [3.05, 3.63) is 35.4 Å². The molecule has 1 aliphatic heterocycles. The second kappa shape index (κ2) is 13.7. The summed E-state index contributed by atoms with van der Waals surface area (Å²) >= 11 is 0. The van der Waals surface area contributed by atoms with Crippen LogP contribution in [0.15, 0.2) is 24.3 Å². The number of nitrogens with one attached hydrogen (secondary N) is 1. The van der Waals surface area contributed by atoms with Gasteiger partial charge in [-0.25, -0.2) is 4.79 Å². The molecule has 0 atom stereocenters. The zero-order valence-electron chi connectivity index (χ0n) is 18.3. The van der Waals surface area contributed by atoms with E-state index in [0.29, 0.717) is 24.3 Å². The first-order chi connectivity index (χ1) is 14.7. The Morgan fingerprint density at radius 1 is 0.935 bits per heavy atom. The Labute approximate surface area is 182 Å². The zero-order chi connectivity index (χ0) is 23.3. The number of hydrogen-bond acceptors (Lipinski definition) is 8. The van der Waals surface area contributed by atoms with Crippen LogP contribution in [-0.4, -0.2) is 91.4 Å². The number of alkyl carbamates (subject to hydrolysis) is 1. The lowest BCUT2D eigenvalue weighted by Crippen LogP contribution is -2.34. The molecule has 0 unspecified atom stereocenters. The zero-order valence-corrected chi connectivity index (χ0v) is 18.3. The minimum Gasteiger partial charge on any atom is -0.444 e. The molecule has 1 aliphatic rings. The molecule has 3 amide bonds. The molecule has 0 saturated heterocycles. The fraction of sp³-hybridized carbons (Fsp3) is 0.571. The Balaban J connectivity index is 0.000000318. The first-order valence-corrected chi connectivity index (χ1v) is 10.0. The molecule has 1 aromatic rings. The number of benzene rings is 1. The molecule has 31 heavy (non-hydrogen) atoms. The molecule has 10 heteroatoms. The van der Waals surface area contributed by atoms with E-state index in [-0.39, 0.29) is 51.4 Å². The van der Waals surface area contributed by atoms with Gasteiger partial charge in [-0.15, -0.1) is 0 Å². The molecular weight excluding hydrogens is 408 g/mol. The van der Waals surface area contributed by atoms with Crippen LogP contribution in [0.2, 0.25) is 0 Å². The summed E-state index contributed by atoms with van der Waals surface area (Å²) in [6, 6.07) is 6.75. The summed E-state index contributed by atoms with van der Waals surface area (Å²) in [5, 5.41) is 19.5. The van der Waals surface area contributed by atoms with Crippen molar-refractivity contribution in [2.75, 3.05) is 52.7 Å². The third-order valence-electron chi connectivity index (χ3n) is 3.72. The van der Waals surface area contributed by atoms with Gasteiger partial charge in [-0.1, -0.05) is 12.1 Å². The number of fused-ring (bicyclic) bond motifs is 1. The average Bonchev–Trinajstić information content (AvgIpc) is 2.95. The summed E-state index contributed by atoms with van der Waals surface area (Å²) < 4.78 is 15.0. The van der Waals surface area contributed by atoms with Crippen LogP contribution >= 0.6 is 0 Å². The number of amides is 3. The maximum absolute atomic E-state index is 11.9. The molecule has 3 N–H and O–H groups in total. The fourth-order valence-electron chi connectivity index (χ4n) is 2.47. The number of carbonyl (C=O) groups is 3.